The van der Waals surface area contributed by atoms with Crippen LogP contribution in [0.2, 0.25) is 5.02 Å². The maximum Gasteiger partial charge on any atom is 0.431 e. The number of benzene rings is 1. The van der Waals surface area contributed by atoms with Gasteiger partial charge in [0.15, 0.2) is 0 Å². The Hall–Kier alpha value is -4.36. The van der Waals surface area contributed by atoms with Gasteiger partial charge in [-0.15, -0.1) is 0 Å². The van der Waals surface area contributed by atoms with E-state index in [4.69, 9.17) is 30.3 Å². The van der Waals surface area contributed by atoms with Crippen LogP contribution >= 0.6 is 11.6 Å². The van der Waals surface area contributed by atoms with E-state index in [1.165, 1.54) is 6.20 Å². The number of ether oxygens (including phenoxy) is 2. The lowest BCUT2D eigenvalue weighted by atomic mass is 9.84. The number of rotatable bonds is 10. The van der Waals surface area contributed by atoms with Crippen LogP contribution in [0.3, 0.4) is 0 Å². The molecule has 0 unspecified atom stereocenters. The monoisotopic (exact) mass is 655 g/mol. The summed E-state index contributed by atoms with van der Waals surface area (Å²) in [6, 6.07) is 8.25. The predicted molar refractivity (Wildman–Crippen MR) is 170 cm³/mol. The maximum absolute atomic E-state index is 13.6. The van der Waals surface area contributed by atoms with Crippen LogP contribution in [0.1, 0.15) is 69.9 Å². The van der Waals surface area contributed by atoms with Crippen LogP contribution in [0.4, 0.5) is 16.3 Å². The molecule has 246 valence electrons. The number of pyridine rings is 1. The molecule has 5 rings (SSSR count). The van der Waals surface area contributed by atoms with Gasteiger partial charge in [0.1, 0.15) is 41.7 Å². The van der Waals surface area contributed by atoms with E-state index in [1.54, 1.807) is 51.1 Å². The van der Waals surface area contributed by atoms with Crippen molar-refractivity contribution in [3.8, 4) is 5.75 Å². The van der Waals surface area contributed by atoms with Gasteiger partial charge in [-0.25, -0.2) is 9.78 Å². The molecule has 46 heavy (non-hydrogen) atoms. The number of likely N-dealkylation sites (tertiary alicyclic amines) is 1. The van der Waals surface area contributed by atoms with Crippen molar-refractivity contribution in [2.45, 2.75) is 70.9 Å². The Labute approximate surface area is 271 Å². The van der Waals surface area contributed by atoms with Crippen molar-refractivity contribution in [3.05, 3.63) is 47.3 Å². The smallest absolute Gasteiger partial charge is 0.431 e. The largest absolute Gasteiger partial charge is 0.491 e. The topological polar surface area (TPSA) is 161 Å². The lowest BCUT2D eigenvalue weighted by Gasteiger charge is -2.34. The number of furan rings is 1. The summed E-state index contributed by atoms with van der Waals surface area (Å²) in [5, 5.41) is 6.51. The van der Waals surface area contributed by atoms with Crippen molar-refractivity contribution in [3.63, 3.8) is 0 Å². The zero-order valence-corrected chi connectivity index (χ0v) is 26.8. The van der Waals surface area contributed by atoms with E-state index in [1.807, 2.05) is 4.90 Å². The molecule has 4 amide bonds. The van der Waals surface area contributed by atoms with Crippen LogP contribution in [0, 0.1) is 5.92 Å². The van der Waals surface area contributed by atoms with E-state index >= 15 is 0 Å². The second-order valence-corrected chi connectivity index (χ2v) is 12.7. The first-order chi connectivity index (χ1) is 22.0. The standard InChI is InChI=1S/C32H38ClN5O8/c1-32(2,3)46-31(42)37-44-16-15-43-22-11-12-24-23(17-22)27(28(45-24)30(41)35-25-13-8-20(33)18-34-25)36-29(40)19-6-9-21(10-7-19)38-14-4-5-26(38)39/h8,11-13,17-19,21H,4-7,9-10,14-16H2,1-3H3,(H,36,40)(H,37,42)(H,34,35,41). The Bertz CT molecular complexity index is 1580. The highest BCUT2D eigenvalue weighted by Crippen LogP contribution is 2.36. The number of hydroxylamine groups is 1. The van der Waals surface area contributed by atoms with Crippen LogP contribution in [0.25, 0.3) is 11.0 Å². The molecule has 0 spiro atoms. The van der Waals surface area contributed by atoms with E-state index in [-0.39, 0.29) is 54.3 Å². The molecule has 0 atom stereocenters. The van der Waals surface area contributed by atoms with E-state index < -0.39 is 17.6 Å². The second-order valence-electron chi connectivity index (χ2n) is 12.3. The average molecular weight is 656 g/mol. The molecule has 1 aromatic carbocycles. The Morgan fingerprint density at radius 1 is 1.07 bits per heavy atom. The highest BCUT2D eigenvalue weighted by molar-refractivity contribution is 6.30. The van der Waals surface area contributed by atoms with Gasteiger partial charge in [0, 0.05) is 36.5 Å². The van der Waals surface area contributed by atoms with E-state index in [9.17, 15) is 19.2 Å². The van der Waals surface area contributed by atoms with Crippen molar-refractivity contribution in [2.75, 3.05) is 30.4 Å². The number of hydrogen-bond donors (Lipinski definition) is 3. The lowest BCUT2D eigenvalue weighted by Crippen LogP contribution is -2.40. The minimum Gasteiger partial charge on any atom is -0.491 e. The number of nitrogens with zero attached hydrogens (tertiary/aromatic N) is 2. The highest BCUT2D eigenvalue weighted by Gasteiger charge is 2.34. The summed E-state index contributed by atoms with van der Waals surface area (Å²) >= 11 is 5.93. The molecule has 1 aliphatic heterocycles. The Morgan fingerprint density at radius 2 is 1.85 bits per heavy atom. The molecule has 3 heterocycles. The summed E-state index contributed by atoms with van der Waals surface area (Å²) in [5.74, 6) is -0.368. The molecule has 3 aromatic rings. The molecule has 1 saturated carbocycles. The minimum atomic E-state index is -0.717. The highest BCUT2D eigenvalue weighted by atomic mass is 35.5. The summed E-state index contributed by atoms with van der Waals surface area (Å²) in [6.45, 7) is 6.11. The van der Waals surface area contributed by atoms with Crippen molar-refractivity contribution >= 4 is 57.9 Å². The Morgan fingerprint density at radius 3 is 2.52 bits per heavy atom. The lowest BCUT2D eigenvalue weighted by molar-refractivity contribution is -0.130. The quantitative estimate of drug-likeness (QED) is 0.184. The number of nitrogens with one attached hydrogen (secondary N) is 3. The average Bonchev–Trinajstić information content (AvgIpc) is 3.60. The molecular formula is C32H38ClN5O8. The molecule has 14 heteroatoms. The Kier molecular flexibility index (Phi) is 10.3. The van der Waals surface area contributed by atoms with Gasteiger partial charge in [-0.2, -0.15) is 5.48 Å². The second kappa shape index (κ2) is 14.4. The normalized spacial score (nSPS) is 18.3. The molecule has 2 fully saturated rings. The third kappa shape index (κ3) is 8.46. The van der Waals surface area contributed by atoms with Gasteiger partial charge in [-0.1, -0.05) is 11.6 Å². The number of hydrogen-bond acceptors (Lipinski definition) is 9. The SMILES string of the molecule is CC(C)(C)OC(=O)NOCCOc1ccc2oc(C(=O)Nc3ccc(Cl)cn3)c(NC(=O)C3CCC(N4CCCC4=O)CC3)c2c1. The number of carbonyl (C=O) groups is 4. The van der Waals surface area contributed by atoms with Crippen molar-refractivity contribution in [1.82, 2.24) is 15.4 Å². The van der Waals surface area contributed by atoms with E-state index in [0.717, 1.165) is 25.8 Å². The maximum atomic E-state index is 13.6. The van der Waals surface area contributed by atoms with Gasteiger partial charge in [0.2, 0.25) is 17.6 Å². The van der Waals surface area contributed by atoms with E-state index in [0.29, 0.717) is 41.0 Å². The van der Waals surface area contributed by atoms with Gasteiger partial charge >= 0.3 is 6.09 Å². The van der Waals surface area contributed by atoms with Gasteiger partial charge in [0.05, 0.1) is 5.02 Å². The fourth-order valence-electron chi connectivity index (χ4n) is 5.61. The summed E-state index contributed by atoms with van der Waals surface area (Å²) in [5.41, 5.74) is 2.10. The molecule has 2 aliphatic rings. The fraction of sp³-hybridized carbons (Fsp3) is 0.469. The van der Waals surface area contributed by atoms with Crippen molar-refractivity contribution in [2.24, 2.45) is 5.92 Å². The van der Waals surface area contributed by atoms with E-state index in [2.05, 4.69) is 21.1 Å². The number of fused-ring (bicyclic) bond motifs is 1. The third-order valence-corrected chi connectivity index (χ3v) is 7.93. The van der Waals surface area contributed by atoms with Crippen LogP contribution in [0.15, 0.2) is 40.9 Å². The first kappa shape index (κ1) is 33.0. The zero-order valence-electron chi connectivity index (χ0n) is 26.0. The van der Waals surface area contributed by atoms with Crippen LogP contribution in [-0.4, -0.2) is 65.1 Å². The number of halogens is 1. The zero-order chi connectivity index (χ0) is 32.8. The van der Waals surface area contributed by atoms with Crippen LogP contribution < -0.4 is 20.9 Å². The first-order valence-electron chi connectivity index (χ1n) is 15.3. The van der Waals surface area contributed by atoms with Gasteiger partial charge in [-0.3, -0.25) is 19.2 Å². The molecular weight excluding hydrogens is 618 g/mol. The number of anilines is 2. The van der Waals surface area contributed by atoms with Crippen molar-refractivity contribution < 1.29 is 37.9 Å². The van der Waals surface area contributed by atoms with Gasteiger partial charge in [0.25, 0.3) is 5.91 Å². The summed E-state index contributed by atoms with van der Waals surface area (Å²) in [7, 11) is 0. The molecule has 0 bridgehead atoms. The minimum absolute atomic E-state index is 0.0275. The number of aromatic nitrogens is 1. The fourth-order valence-corrected chi connectivity index (χ4v) is 5.73. The van der Waals surface area contributed by atoms with Crippen LogP contribution in [0.5, 0.6) is 5.75 Å². The first-order valence-corrected chi connectivity index (χ1v) is 15.7. The molecule has 3 N–H and O–H groups in total. The molecule has 1 saturated heterocycles. The number of amides is 4. The predicted octanol–water partition coefficient (Wildman–Crippen LogP) is 5.69. The Balaban J connectivity index is 1.28. The molecule has 0 radical (unpaired) electrons. The molecule has 13 nitrogen and oxygen atoms in total. The van der Waals surface area contributed by atoms with Crippen molar-refractivity contribution in [1.29, 1.82) is 0 Å². The van der Waals surface area contributed by atoms with Gasteiger partial charge in [-0.05, 0) is 83.2 Å². The molecule has 1 aliphatic carbocycles. The third-order valence-electron chi connectivity index (χ3n) is 7.71. The number of carbonyl (C=O) groups excluding carboxylic acids is 4. The summed E-state index contributed by atoms with van der Waals surface area (Å²) in [6.07, 6.45) is 4.89. The summed E-state index contributed by atoms with van der Waals surface area (Å²) in [4.78, 5) is 62.1. The van der Waals surface area contributed by atoms with Crippen LogP contribution in [-0.2, 0) is 19.2 Å². The molecule has 2 aromatic heterocycles. The van der Waals surface area contributed by atoms with Gasteiger partial charge < -0.3 is 29.4 Å². The summed E-state index contributed by atoms with van der Waals surface area (Å²) < 4.78 is 16.8.